The Hall–Kier alpha value is -1.70. The molecule has 124 valence electrons. The van der Waals surface area contributed by atoms with E-state index in [0.717, 1.165) is 27.7 Å². The summed E-state index contributed by atoms with van der Waals surface area (Å²) in [5.74, 6) is 0.466. The van der Waals surface area contributed by atoms with Crippen molar-refractivity contribution in [3.8, 4) is 11.3 Å². The van der Waals surface area contributed by atoms with E-state index in [0.29, 0.717) is 19.0 Å². The molecule has 0 spiro atoms. The van der Waals surface area contributed by atoms with Crippen molar-refractivity contribution in [2.45, 2.75) is 13.3 Å². The van der Waals surface area contributed by atoms with Gasteiger partial charge in [-0.05, 0) is 24.1 Å². The van der Waals surface area contributed by atoms with Gasteiger partial charge in [0, 0.05) is 23.7 Å². The van der Waals surface area contributed by atoms with Crippen molar-refractivity contribution in [1.29, 1.82) is 0 Å². The van der Waals surface area contributed by atoms with Crippen LogP contribution in [0.4, 0.5) is 5.82 Å². The second-order valence-corrected chi connectivity index (χ2v) is 5.92. The van der Waals surface area contributed by atoms with Gasteiger partial charge in [0.2, 0.25) is 5.91 Å². The van der Waals surface area contributed by atoms with E-state index in [-0.39, 0.29) is 12.5 Å². The molecule has 0 aliphatic rings. The summed E-state index contributed by atoms with van der Waals surface area (Å²) < 4.78 is 5.95. The first-order chi connectivity index (χ1) is 11.2. The zero-order valence-corrected chi connectivity index (χ0v) is 14.9. The zero-order chi connectivity index (χ0) is 16.7. The number of carbonyl (C=O) groups excluding carboxylic acids is 1. The molecule has 3 N–H and O–H groups in total. The molecule has 0 aliphatic heterocycles. The summed E-state index contributed by atoms with van der Waals surface area (Å²) in [5.41, 5.74) is 2.97. The van der Waals surface area contributed by atoms with E-state index in [1.54, 1.807) is 7.11 Å². The Balaban J connectivity index is 2.06. The Morgan fingerprint density at radius 2 is 2.09 bits per heavy atom. The maximum atomic E-state index is 12.0. The Labute approximate surface area is 144 Å². The van der Waals surface area contributed by atoms with Gasteiger partial charge < -0.3 is 15.4 Å². The number of hydrogen-bond acceptors (Lipinski definition) is 4. The number of aromatic nitrogens is 2. The van der Waals surface area contributed by atoms with Crippen LogP contribution in [0.2, 0.25) is 0 Å². The van der Waals surface area contributed by atoms with Crippen molar-refractivity contribution in [2.75, 3.05) is 32.1 Å². The second kappa shape index (κ2) is 8.81. The summed E-state index contributed by atoms with van der Waals surface area (Å²) >= 11 is 3.43. The van der Waals surface area contributed by atoms with Crippen LogP contribution < -0.4 is 10.6 Å². The number of hydrogen-bond donors (Lipinski definition) is 3. The third-order valence-corrected chi connectivity index (χ3v) is 3.91. The average molecular weight is 381 g/mol. The van der Waals surface area contributed by atoms with Gasteiger partial charge in [0.15, 0.2) is 5.82 Å². The van der Waals surface area contributed by atoms with Crippen LogP contribution in [-0.2, 0) is 16.0 Å². The lowest BCUT2D eigenvalue weighted by molar-refractivity contribution is -0.115. The number of ether oxygens (including phenoxy) is 1. The predicted octanol–water partition coefficient (Wildman–Crippen LogP) is 2.58. The Kier molecular flexibility index (Phi) is 6.76. The number of carbonyl (C=O) groups is 1. The second-order valence-electron chi connectivity index (χ2n) is 5.00. The number of nitrogens with zero attached hydrogens (tertiary/aromatic N) is 1. The number of halogens is 1. The highest BCUT2D eigenvalue weighted by molar-refractivity contribution is 9.10. The highest BCUT2D eigenvalue weighted by Crippen LogP contribution is 2.28. The Bertz CT molecular complexity index is 640. The minimum atomic E-state index is -0.121. The largest absolute Gasteiger partial charge is 0.383 e. The number of H-pyrrole nitrogens is 1. The SMILES string of the molecule is CCc1c(NC(=O)CNCCOC)n[nH]c1-c1ccc(Br)cc1. The molecule has 2 aromatic rings. The molecule has 7 heteroatoms. The number of methoxy groups -OCH3 is 1. The third-order valence-electron chi connectivity index (χ3n) is 3.38. The third kappa shape index (κ3) is 4.89. The number of amides is 1. The van der Waals surface area contributed by atoms with E-state index in [4.69, 9.17) is 4.74 Å². The average Bonchev–Trinajstić information content (AvgIpc) is 2.95. The summed E-state index contributed by atoms with van der Waals surface area (Å²) in [4.78, 5) is 12.0. The topological polar surface area (TPSA) is 79.0 Å². The minimum Gasteiger partial charge on any atom is -0.383 e. The quantitative estimate of drug-likeness (QED) is 0.615. The molecule has 1 aromatic carbocycles. The van der Waals surface area contributed by atoms with Gasteiger partial charge in [-0.15, -0.1) is 0 Å². The van der Waals surface area contributed by atoms with Crippen LogP contribution in [0.5, 0.6) is 0 Å². The van der Waals surface area contributed by atoms with Crippen molar-refractivity contribution in [3.63, 3.8) is 0 Å². The maximum Gasteiger partial charge on any atom is 0.239 e. The molecule has 1 aromatic heterocycles. The molecule has 0 saturated carbocycles. The first-order valence-corrected chi connectivity index (χ1v) is 8.27. The first kappa shape index (κ1) is 17.7. The van der Waals surface area contributed by atoms with Crippen LogP contribution in [0.15, 0.2) is 28.7 Å². The molecule has 23 heavy (non-hydrogen) atoms. The molecule has 0 bridgehead atoms. The number of anilines is 1. The fourth-order valence-electron chi connectivity index (χ4n) is 2.22. The van der Waals surface area contributed by atoms with Crippen LogP contribution in [-0.4, -0.2) is 42.9 Å². The van der Waals surface area contributed by atoms with Crippen molar-refractivity contribution < 1.29 is 9.53 Å². The van der Waals surface area contributed by atoms with Gasteiger partial charge in [-0.2, -0.15) is 5.10 Å². The van der Waals surface area contributed by atoms with Crippen molar-refractivity contribution >= 4 is 27.7 Å². The lowest BCUT2D eigenvalue weighted by Gasteiger charge is -2.07. The van der Waals surface area contributed by atoms with E-state index >= 15 is 0 Å². The van der Waals surface area contributed by atoms with Gasteiger partial charge in [-0.25, -0.2) is 0 Å². The van der Waals surface area contributed by atoms with Gasteiger partial charge in [-0.3, -0.25) is 9.89 Å². The fourth-order valence-corrected chi connectivity index (χ4v) is 2.48. The lowest BCUT2D eigenvalue weighted by atomic mass is 10.1. The van der Waals surface area contributed by atoms with E-state index in [1.165, 1.54) is 0 Å². The molecule has 2 rings (SSSR count). The standard InChI is InChI=1S/C16H21BrN4O2/c1-3-13-15(11-4-6-12(17)7-5-11)20-21-16(13)19-14(22)10-18-8-9-23-2/h4-7,18H,3,8-10H2,1-2H3,(H2,19,20,21,22). The number of rotatable bonds is 8. The smallest absolute Gasteiger partial charge is 0.239 e. The first-order valence-electron chi connectivity index (χ1n) is 7.48. The highest BCUT2D eigenvalue weighted by Gasteiger charge is 2.15. The highest BCUT2D eigenvalue weighted by atomic mass is 79.9. The van der Waals surface area contributed by atoms with E-state index in [9.17, 15) is 4.79 Å². The van der Waals surface area contributed by atoms with Crippen LogP contribution in [0.1, 0.15) is 12.5 Å². The molecule has 1 heterocycles. The summed E-state index contributed by atoms with van der Waals surface area (Å²) in [6.45, 7) is 3.48. The van der Waals surface area contributed by atoms with Gasteiger partial charge in [-0.1, -0.05) is 35.0 Å². The summed E-state index contributed by atoms with van der Waals surface area (Å²) in [5, 5.41) is 13.1. The zero-order valence-electron chi connectivity index (χ0n) is 13.3. The normalized spacial score (nSPS) is 10.7. The molecule has 1 amide bonds. The molecular weight excluding hydrogens is 360 g/mol. The van der Waals surface area contributed by atoms with E-state index in [1.807, 2.05) is 31.2 Å². The Morgan fingerprint density at radius 1 is 1.35 bits per heavy atom. The molecule has 0 radical (unpaired) electrons. The van der Waals surface area contributed by atoms with Crippen LogP contribution in [0.25, 0.3) is 11.3 Å². The lowest BCUT2D eigenvalue weighted by Crippen LogP contribution is -2.30. The monoisotopic (exact) mass is 380 g/mol. The van der Waals surface area contributed by atoms with Crippen molar-refractivity contribution in [3.05, 3.63) is 34.3 Å². The molecule has 0 atom stereocenters. The molecule has 0 fully saturated rings. The maximum absolute atomic E-state index is 12.0. The molecule has 0 unspecified atom stereocenters. The molecule has 0 aliphatic carbocycles. The van der Waals surface area contributed by atoms with Crippen LogP contribution in [0.3, 0.4) is 0 Å². The molecule has 6 nitrogen and oxygen atoms in total. The number of aromatic amines is 1. The van der Waals surface area contributed by atoms with E-state index in [2.05, 4.69) is 36.8 Å². The summed E-state index contributed by atoms with van der Waals surface area (Å²) in [6, 6.07) is 7.98. The van der Waals surface area contributed by atoms with Crippen LogP contribution in [0, 0.1) is 0 Å². The van der Waals surface area contributed by atoms with E-state index < -0.39 is 0 Å². The van der Waals surface area contributed by atoms with Gasteiger partial charge in [0.1, 0.15) is 0 Å². The van der Waals surface area contributed by atoms with Crippen molar-refractivity contribution in [2.24, 2.45) is 0 Å². The summed E-state index contributed by atoms with van der Waals surface area (Å²) in [7, 11) is 1.63. The molecule has 0 saturated heterocycles. The van der Waals surface area contributed by atoms with Crippen molar-refractivity contribution in [1.82, 2.24) is 15.5 Å². The molecular formula is C16H21BrN4O2. The van der Waals surface area contributed by atoms with Gasteiger partial charge in [0.25, 0.3) is 0 Å². The number of benzene rings is 1. The summed E-state index contributed by atoms with van der Waals surface area (Å²) in [6.07, 6.45) is 0.772. The van der Waals surface area contributed by atoms with Gasteiger partial charge in [0.05, 0.1) is 18.8 Å². The Morgan fingerprint density at radius 3 is 2.74 bits per heavy atom. The number of nitrogens with one attached hydrogen (secondary N) is 3. The minimum absolute atomic E-state index is 0.121. The van der Waals surface area contributed by atoms with Crippen LogP contribution >= 0.6 is 15.9 Å². The fraction of sp³-hybridized carbons (Fsp3) is 0.375. The predicted molar refractivity (Wildman–Crippen MR) is 94.5 cm³/mol. The van der Waals surface area contributed by atoms with Gasteiger partial charge >= 0.3 is 0 Å².